The highest BCUT2D eigenvalue weighted by Gasteiger charge is 2.24. The number of rotatable bonds is 8. The maximum absolute atomic E-state index is 15.4. The Labute approximate surface area is 241 Å². The first kappa shape index (κ1) is 28.2. The lowest BCUT2D eigenvalue weighted by Crippen LogP contribution is -2.44. The van der Waals surface area contributed by atoms with Crippen molar-refractivity contribution in [1.29, 1.82) is 0 Å². The van der Waals surface area contributed by atoms with Gasteiger partial charge in [-0.3, -0.25) is 0 Å². The Morgan fingerprint density at radius 1 is 0.927 bits per heavy atom. The summed E-state index contributed by atoms with van der Waals surface area (Å²) in [5, 5.41) is 13.8. The van der Waals surface area contributed by atoms with Gasteiger partial charge in [-0.1, -0.05) is 72.8 Å². The lowest BCUT2D eigenvalue weighted by molar-refractivity contribution is -0.138. The average Bonchev–Trinajstić information content (AvgIpc) is 3.31. The van der Waals surface area contributed by atoms with Gasteiger partial charge in [0, 0.05) is 33.4 Å². The van der Waals surface area contributed by atoms with Gasteiger partial charge in [0.2, 0.25) is 0 Å². The number of carbonyl (C=O) groups is 2. The van der Waals surface area contributed by atoms with Crippen molar-refractivity contribution in [3.63, 3.8) is 0 Å². The second-order valence-corrected chi connectivity index (χ2v) is 11.8. The number of benzene rings is 4. The maximum Gasteiger partial charge on any atom is 0.408 e. The number of furan rings is 1. The molecule has 0 bridgehead atoms. The summed E-state index contributed by atoms with van der Waals surface area (Å²) in [6.07, 6.45) is -0.762. The number of carbonyl (C=O) groups excluding carboxylic acids is 1. The number of fused-ring (bicyclic) bond motifs is 3. The van der Waals surface area contributed by atoms with Crippen LogP contribution in [-0.4, -0.2) is 34.6 Å². The molecule has 0 aliphatic heterocycles. The number of nitrogens with one attached hydrogen (secondary N) is 1. The number of para-hydroxylation sites is 2. The van der Waals surface area contributed by atoms with Crippen molar-refractivity contribution >= 4 is 45.8 Å². The van der Waals surface area contributed by atoms with Crippen molar-refractivity contribution in [1.82, 2.24) is 5.32 Å². The Hall–Kier alpha value is -4.30. The molecule has 41 heavy (non-hydrogen) atoms. The predicted molar refractivity (Wildman–Crippen MR) is 162 cm³/mol. The van der Waals surface area contributed by atoms with Crippen molar-refractivity contribution in [3.05, 3.63) is 96.3 Å². The molecule has 1 heterocycles. The van der Waals surface area contributed by atoms with Crippen LogP contribution in [0.15, 0.2) is 89.3 Å². The minimum atomic E-state index is -1.12. The Balaban J connectivity index is 1.26. The van der Waals surface area contributed by atoms with Crippen molar-refractivity contribution in [2.24, 2.45) is 0 Å². The lowest BCUT2D eigenvalue weighted by Gasteiger charge is -2.21. The third kappa shape index (κ3) is 6.55. The summed E-state index contributed by atoms with van der Waals surface area (Å²) in [4.78, 5) is 23.5. The van der Waals surface area contributed by atoms with Crippen LogP contribution < -0.4 is 5.32 Å². The van der Waals surface area contributed by atoms with Crippen LogP contribution in [0.5, 0.6) is 0 Å². The molecule has 1 atom stereocenters. The van der Waals surface area contributed by atoms with Crippen LogP contribution >= 0.6 is 11.8 Å². The van der Waals surface area contributed by atoms with E-state index in [4.69, 9.17) is 9.15 Å². The zero-order chi connectivity index (χ0) is 29.1. The summed E-state index contributed by atoms with van der Waals surface area (Å²) in [5.41, 5.74) is 4.48. The third-order valence-corrected chi connectivity index (χ3v) is 7.60. The summed E-state index contributed by atoms with van der Waals surface area (Å²) in [5.74, 6) is -0.733. The van der Waals surface area contributed by atoms with Crippen LogP contribution in [0, 0.1) is 5.82 Å². The van der Waals surface area contributed by atoms with Crippen LogP contribution in [-0.2, 0) is 15.3 Å². The van der Waals surface area contributed by atoms with Gasteiger partial charge in [-0.05, 0) is 49.6 Å². The molecule has 2 N–H and O–H groups in total. The van der Waals surface area contributed by atoms with Gasteiger partial charge in [-0.25, -0.2) is 14.0 Å². The summed E-state index contributed by atoms with van der Waals surface area (Å²) >= 11 is 1.39. The van der Waals surface area contributed by atoms with E-state index < -0.39 is 23.7 Å². The number of carboxylic acid groups (broad SMARTS) is 1. The number of aliphatic carboxylic acids is 1. The first-order chi connectivity index (χ1) is 19.6. The highest BCUT2D eigenvalue weighted by Crippen LogP contribution is 2.37. The van der Waals surface area contributed by atoms with Crippen LogP contribution in [0.4, 0.5) is 9.18 Å². The largest absolute Gasteiger partial charge is 0.480 e. The highest BCUT2D eigenvalue weighted by molar-refractivity contribution is 7.98. The molecule has 0 aliphatic carbocycles. The van der Waals surface area contributed by atoms with E-state index in [2.05, 4.69) is 5.32 Å². The van der Waals surface area contributed by atoms with Crippen LogP contribution in [0.25, 0.3) is 44.2 Å². The summed E-state index contributed by atoms with van der Waals surface area (Å²) in [7, 11) is 0. The van der Waals surface area contributed by atoms with Crippen LogP contribution in [0.2, 0.25) is 0 Å². The lowest BCUT2D eigenvalue weighted by atomic mass is 9.98. The predicted octanol–water partition coefficient (Wildman–Crippen LogP) is 8.27. The minimum Gasteiger partial charge on any atom is -0.480 e. The first-order valence-electron chi connectivity index (χ1n) is 13.2. The number of carboxylic acids is 1. The standard InChI is InChI=1S/C33H30FNO5S/c1-33(2,3)40-32(38)35-28(31(36)37)19-41-18-20-11-13-21(14-12-20)22-15-16-23(27(34)17-22)25-8-6-9-26-24-7-4-5-10-29(24)39-30(25)26/h4-17,28H,18-19H2,1-3H3,(H,35,38)(H,36,37). The number of hydrogen-bond acceptors (Lipinski definition) is 5. The Morgan fingerprint density at radius 2 is 1.63 bits per heavy atom. The van der Waals surface area contributed by atoms with Gasteiger partial charge in [0.25, 0.3) is 0 Å². The third-order valence-electron chi connectivity index (χ3n) is 6.49. The fraction of sp³-hybridized carbons (Fsp3) is 0.212. The number of amides is 1. The normalized spacial score (nSPS) is 12.4. The van der Waals surface area contributed by atoms with Crippen molar-refractivity contribution in [2.75, 3.05) is 5.75 Å². The minimum absolute atomic E-state index is 0.182. The second-order valence-electron chi connectivity index (χ2n) is 10.7. The molecule has 0 radical (unpaired) electrons. The Bertz CT molecular complexity index is 1720. The van der Waals surface area contributed by atoms with Crippen molar-refractivity contribution < 1.29 is 28.2 Å². The smallest absolute Gasteiger partial charge is 0.408 e. The molecule has 0 saturated carbocycles. The van der Waals surface area contributed by atoms with E-state index >= 15 is 4.39 Å². The van der Waals surface area contributed by atoms with E-state index in [9.17, 15) is 14.7 Å². The molecule has 1 unspecified atom stereocenters. The van der Waals surface area contributed by atoms with Gasteiger partial charge >= 0.3 is 12.1 Å². The fourth-order valence-corrected chi connectivity index (χ4v) is 5.59. The molecule has 4 aromatic carbocycles. The summed E-state index contributed by atoms with van der Waals surface area (Å²) in [6, 6.07) is 25.4. The maximum atomic E-state index is 15.4. The quantitative estimate of drug-likeness (QED) is 0.195. The molecule has 1 aromatic heterocycles. The first-order valence-corrected chi connectivity index (χ1v) is 14.3. The van der Waals surface area contributed by atoms with E-state index in [1.807, 2.05) is 72.8 Å². The molecule has 1 amide bonds. The molecule has 0 spiro atoms. The Morgan fingerprint density at radius 3 is 2.34 bits per heavy atom. The zero-order valence-corrected chi connectivity index (χ0v) is 23.8. The van der Waals surface area contributed by atoms with Gasteiger partial charge in [0.05, 0.1) is 0 Å². The molecule has 0 aliphatic rings. The molecule has 0 fully saturated rings. The number of alkyl carbamates (subject to hydrolysis) is 1. The van der Waals surface area contributed by atoms with Crippen molar-refractivity contribution in [3.8, 4) is 22.3 Å². The number of halogens is 1. The average molecular weight is 572 g/mol. The van der Waals surface area contributed by atoms with Crippen molar-refractivity contribution in [2.45, 2.75) is 38.2 Å². The SMILES string of the molecule is CC(C)(C)OC(=O)NC(CSCc1ccc(-c2ccc(-c3cccc4c3oc3ccccc34)c(F)c2)cc1)C(=O)O. The summed E-state index contributed by atoms with van der Waals surface area (Å²) in [6.45, 7) is 5.14. The fourth-order valence-electron chi connectivity index (χ4n) is 4.58. The number of ether oxygens (including phenoxy) is 1. The van der Waals surface area contributed by atoms with E-state index in [-0.39, 0.29) is 11.6 Å². The molecule has 8 heteroatoms. The molecule has 210 valence electrons. The van der Waals surface area contributed by atoms with Crippen LogP contribution in [0.3, 0.4) is 0 Å². The molecular weight excluding hydrogens is 541 g/mol. The van der Waals surface area contributed by atoms with E-state index in [0.717, 1.165) is 33.0 Å². The summed E-state index contributed by atoms with van der Waals surface area (Å²) < 4.78 is 26.7. The topological polar surface area (TPSA) is 88.8 Å². The molecule has 5 aromatic rings. The molecular formula is C33H30FNO5S. The number of thioether (sulfide) groups is 1. The molecule has 5 rings (SSSR count). The zero-order valence-electron chi connectivity index (χ0n) is 22.9. The van der Waals surface area contributed by atoms with E-state index in [1.54, 1.807) is 26.8 Å². The second kappa shape index (κ2) is 11.7. The van der Waals surface area contributed by atoms with Gasteiger partial charge < -0.3 is 19.6 Å². The molecule has 6 nitrogen and oxygen atoms in total. The van der Waals surface area contributed by atoms with Gasteiger partial charge in [-0.2, -0.15) is 11.8 Å². The Kier molecular flexibility index (Phi) is 8.03. The van der Waals surface area contributed by atoms with Crippen LogP contribution in [0.1, 0.15) is 26.3 Å². The van der Waals surface area contributed by atoms with Gasteiger partial charge in [0.1, 0.15) is 28.6 Å². The molecule has 0 saturated heterocycles. The van der Waals surface area contributed by atoms with E-state index in [0.29, 0.717) is 22.5 Å². The van der Waals surface area contributed by atoms with E-state index in [1.165, 1.54) is 17.8 Å². The monoisotopic (exact) mass is 571 g/mol. The highest BCUT2D eigenvalue weighted by atomic mass is 32.2. The number of hydrogen-bond donors (Lipinski definition) is 2. The van der Waals surface area contributed by atoms with Gasteiger partial charge in [0.15, 0.2) is 0 Å². The van der Waals surface area contributed by atoms with Gasteiger partial charge in [-0.15, -0.1) is 0 Å².